The van der Waals surface area contributed by atoms with Crippen LogP contribution in [0.3, 0.4) is 0 Å². The number of anilines is 3. The van der Waals surface area contributed by atoms with Crippen molar-refractivity contribution in [2.24, 2.45) is 0 Å². The molecule has 0 saturated heterocycles. The van der Waals surface area contributed by atoms with E-state index in [1.54, 1.807) is 0 Å². The summed E-state index contributed by atoms with van der Waals surface area (Å²) < 4.78 is 9.37. The van der Waals surface area contributed by atoms with E-state index in [2.05, 4.69) is 223 Å². The van der Waals surface area contributed by atoms with Crippen molar-refractivity contribution in [3.8, 4) is 11.1 Å². The van der Waals surface area contributed by atoms with Gasteiger partial charge >= 0.3 is 0 Å². The molecule has 0 aliphatic heterocycles. The molecule has 0 aliphatic rings. The third-order valence-corrected chi connectivity index (χ3v) is 14.0. The third kappa shape index (κ3) is 5.71. The van der Waals surface area contributed by atoms with Crippen LogP contribution in [0.4, 0.5) is 17.1 Å². The van der Waals surface area contributed by atoms with Gasteiger partial charge in [-0.25, -0.2) is 0 Å². The van der Waals surface area contributed by atoms with Gasteiger partial charge in [-0.3, -0.25) is 0 Å². The van der Waals surface area contributed by atoms with Crippen LogP contribution < -0.4 is 4.90 Å². The Kier molecular flexibility index (Phi) is 8.12. The van der Waals surface area contributed by atoms with Crippen molar-refractivity contribution in [2.45, 2.75) is 0 Å². The molecular formula is C60H37NOS. The smallest absolute Gasteiger partial charge is 0.159 e. The van der Waals surface area contributed by atoms with Crippen LogP contribution in [0.5, 0.6) is 0 Å². The second-order valence-electron chi connectivity index (χ2n) is 16.4. The number of para-hydroxylation sites is 2. The number of hydrogen-bond acceptors (Lipinski definition) is 3. The van der Waals surface area contributed by atoms with E-state index in [1.165, 1.54) is 85.2 Å². The fourth-order valence-electron chi connectivity index (χ4n) is 9.97. The van der Waals surface area contributed by atoms with Crippen molar-refractivity contribution in [2.75, 3.05) is 4.90 Å². The van der Waals surface area contributed by atoms with Crippen LogP contribution in [0.2, 0.25) is 0 Å². The molecule has 11 aromatic carbocycles. The van der Waals surface area contributed by atoms with Crippen LogP contribution in [-0.2, 0) is 0 Å². The summed E-state index contributed by atoms with van der Waals surface area (Å²) in [5.41, 5.74) is 7.15. The lowest BCUT2D eigenvalue weighted by Gasteiger charge is -2.26. The molecule has 2 heterocycles. The molecular weight excluding hydrogens is 783 g/mol. The highest BCUT2D eigenvalue weighted by Gasteiger charge is 2.21. The number of rotatable bonds is 4. The molecule has 63 heavy (non-hydrogen) atoms. The van der Waals surface area contributed by atoms with Crippen LogP contribution in [0.1, 0.15) is 0 Å². The maximum Gasteiger partial charge on any atom is 0.159 e. The minimum Gasteiger partial charge on any atom is -0.454 e. The van der Waals surface area contributed by atoms with Crippen molar-refractivity contribution < 1.29 is 4.42 Å². The molecule has 0 unspecified atom stereocenters. The maximum atomic E-state index is 6.78. The number of benzene rings is 10. The topological polar surface area (TPSA) is 16.4 Å². The van der Waals surface area contributed by atoms with E-state index in [4.69, 9.17) is 4.42 Å². The van der Waals surface area contributed by atoms with Gasteiger partial charge in [0.15, 0.2) is 5.58 Å². The molecule has 0 bridgehead atoms. The highest BCUT2D eigenvalue weighted by molar-refractivity contribution is 7.25. The van der Waals surface area contributed by atoms with E-state index in [9.17, 15) is 0 Å². The van der Waals surface area contributed by atoms with Gasteiger partial charge in [-0.2, -0.15) is 0 Å². The average molecular weight is 820 g/mol. The molecule has 2 aromatic heterocycles. The Bertz CT molecular complexity index is 4030. The van der Waals surface area contributed by atoms with E-state index < -0.39 is 0 Å². The average Bonchev–Trinajstić information content (AvgIpc) is 3.92. The van der Waals surface area contributed by atoms with Crippen molar-refractivity contribution in [3.63, 3.8) is 0 Å². The zero-order chi connectivity index (χ0) is 41.4. The molecule has 13 aromatic rings. The van der Waals surface area contributed by atoms with Gasteiger partial charge in [0.1, 0.15) is 5.58 Å². The molecule has 0 radical (unpaired) electrons. The highest BCUT2D eigenvalue weighted by Crippen LogP contribution is 2.46. The summed E-state index contributed by atoms with van der Waals surface area (Å²) in [6.07, 6.45) is 0. The summed E-state index contributed by atoms with van der Waals surface area (Å²) >= 11 is 1.87. The summed E-state index contributed by atoms with van der Waals surface area (Å²) in [5.74, 6) is 0. The number of hydrogen-bond donors (Lipinski definition) is 0. The Hall–Kier alpha value is -7.98. The van der Waals surface area contributed by atoms with Gasteiger partial charge in [0, 0.05) is 42.3 Å². The van der Waals surface area contributed by atoms with Crippen molar-refractivity contribution in [1.82, 2.24) is 0 Å². The Morgan fingerprint density at radius 3 is 1.46 bits per heavy atom. The Labute approximate surface area is 367 Å². The van der Waals surface area contributed by atoms with Gasteiger partial charge in [0.05, 0.1) is 5.69 Å². The summed E-state index contributed by atoms with van der Waals surface area (Å²) in [6, 6.07) is 82.0. The molecule has 294 valence electrons. The van der Waals surface area contributed by atoms with Gasteiger partial charge in [0.2, 0.25) is 0 Å². The van der Waals surface area contributed by atoms with Crippen LogP contribution in [0.25, 0.3) is 107 Å². The van der Waals surface area contributed by atoms with Crippen LogP contribution in [0, 0.1) is 0 Å². The Balaban J connectivity index is 1.19. The van der Waals surface area contributed by atoms with Gasteiger partial charge in [0.25, 0.3) is 0 Å². The summed E-state index contributed by atoms with van der Waals surface area (Å²) in [7, 11) is 0. The lowest BCUT2D eigenvalue weighted by molar-refractivity contribution is 0.669. The Morgan fingerprint density at radius 1 is 0.286 bits per heavy atom. The fourth-order valence-corrected chi connectivity index (χ4v) is 11.1. The summed E-state index contributed by atoms with van der Waals surface area (Å²) in [5, 5.41) is 16.8. The third-order valence-electron chi connectivity index (χ3n) is 12.9. The number of thiophene rings is 1. The van der Waals surface area contributed by atoms with Crippen LogP contribution in [0.15, 0.2) is 229 Å². The first-order valence-electron chi connectivity index (χ1n) is 21.5. The fraction of sp³-hybridized carbons (Fsp3) is 0. The molecule has 0 saturated carbocycles. The number of fused-ring (bicyclic) bond motifs is 16. The quantitative estimate of drug-likeness (QED) is 0.176. The highest BCUT2D eigenvalue weighted by atomic mass is 32.1. The molecule has 0 N–H and O–H groups in total. The maximum absolute atomic E-state index is 6.78. The van der Waals surface area contributed by atoms with Gasteiger partial charge in [-0.15, -0.1) is 11.3 Å². The molecule has 0 atom stereocenters. The van der Waals surface area contributed by atoms with Crippen molar-refractivity contribution in [3.05, 3.63) is 224 Å². The van der Waals surface area contributed by atoms with E-state index in [0.717, 1.165) is 39.0 Å². The largest absolute Gasteiger partial charge is 0.454 e. The van der Waals surface area contributed by atoms with Gasteiger partial charge in [-0.05, 0) is 120 Å². The predicted octanol–water partition coefficient (Wildman–Crippen LogP) is 18.0. The second-order valence-corrected chi connectivity index (χ2v) is 17.4. The molecule has 13 rings (SSSR count). The van der Waals surface area contributed by atoms with Crippen LogP contribution in [-0.4, -0.2) is 0 Å². The molecule has 3 heteroatoms. The number of furan rings is 1. The molecule has 0 amide bonds. The van der Waals surface area contributed by atoms with Crippen molar-refractivity contribution >= 4 is 124 Å². The van der Waals surface area contributed by atoms with E-state index >= 15 is 0 Å². The predicted molar refractivity (Wildman–Crippen MR) is 272 cm³/mol. The minimum absolute atomic E-state index is 0.855. The Morgan fingerprint density at radius 2 is 0.778 bits per heavy atom. The molecule has 0 aliphatic carbocycles. The minimum atomic E-state index is 0.855. The van der Waals surface area contributed by atoms with Gasteiger partial charge < -0.3 is 9.32 Å². The summed E-state index contributed by atoms with van der Waals surface area (Å²) in [6.45, 7) is 0. The van der Waals surface area contributed by atoms with E-state index in [1.807, 2.05) is 17.4 Å². The van der Waals surface area contributed by atoms with Gasteiger partial charge in [-0.1, -0.05) is 170 Å². The summed E-state index contributed by atoms with van der Waals surface area (Å²) in [4.78, 5) is 2.38. The molecule has 2 nitrogen and oxygen atoms in total. The standard InChI is InChI=1S/C60H37NOS/c1-2-15-38(16-3-1)39-29-31-40(32-30-39)61(56-26-14-25-51-49-23-10-12-27-57(49)62-60(51)56)41-33-34-48-52(35-41)46-21-8-6-19-44(46)42-17-4-5-18-43(42)45-20-7-9-22-47(45)54-37-59-55(36-53(48)54)50-24-11-13-28-58(50)63-59/h1-37H. The monoisotopic (exact) mass is 819 g/mol. The van der Waals surface area contributed by atoms with E-state index in [0.29, 0.717) is 0 Å². The first-order valence-corrected chi connectivity index (χ1v) is 22.3. The van der Waals surface area contributed by atoms with E-state index in [-0.39, 0.29) is 0 Å². The van der Waals surface area contributed by atoms with Crippen molar-refractivity contribution in [1.29, 1.82) is 0 Å². The zero-order valence-electron chi connectivity index (χ0n) is 34.1. The molecule has 0 fully saturated rings. The zero-order valence-corrected chi connectivity index (χ0v) is 34.9. The number of nitrogens with zero attached hydrogens (tertiary/aromatic N) is 1. The first kappa shape index (κ1) is 35.7. The normalized spacial score (nSPS) is 11.8. The molecule has 0 spiro atoms. The SMILES string of the molecule is c1ccc(-c2ccc(N(c3ccc4c(c3)c3ccccc3c3ccccc3c3ccccc3c3cc5sc6ccccc6c5cc43)c3cccc4c3oc3ccccc34)cc2)cc1. The van der Waals surface area contributed by atoms with Crippen LogP contribution >= 0.6 is 11.3 Å². The first-order chi connectivity index (χ1) is 31.2. The second kappa shape index (κ2) is 14.3. The lowest BCUT2D eigenvalue weighted by Crippen LogP contribution is -2.10. The lowest BCUT2D eigenvalue weighted by atomic mass is 9.93.